The summed E-state index contributed by atoms with van der Waals surface area (Å²) in [6.07, 6.45) is 4.94. The Kier molecular flexibility index (Phi) is 6.36. The van der Waals surface area contributed by atoms with Gasteiger partial charge in [-0.3, -0.25) is 4.79 Å². The number of carbonyl (C=O) groups is 1. The third-order valence-electron chi connectivity index (χ3n) is 6.64. The molecule has 12 heteroatoms. The molecule has 2 aliphatic rings. The van der Waals surface area contributed by atoms with Crippen LogP contribution in [0.15, 0.2) is 18.3 Å². The molecule has 1 aliphatic heterocycles. The Labute approximate surface area is 219 Å². The Morgan fingerprint density at radius 1 is 1.19 bits per heavy atom. The van der Waals surface area contributed by atoms with Gasteiger partial charge < -0.3 is 21.3 Å². The molecule has 1 amide bonds. The summed E-state index contributed by atoms with van der Waals surface area (Å²) >= 11 is 6.87. The fourth-order valence-corrected chi connectivity index (χ4v) is 4.86. The summed E-state index contributed by atoms with van der Waals surface area (Å²) in [7, 11) is 0. The average molecular weight is 519 g/mol. The van der Waals surface area contributed by atoms with Crippen molar-refractivity contribution in [3.8, 4) is 12.1 Å². The van der Waals surface area contributed by atoms with Crippen molar-refractivity contribution in [2.24, 2.45) is 5.73 Å². The largest absolute Gasteiger partial charge is 0.364 e. The van der Waals surface area contributed by atoms with Crippen LogP contribution in [0.2, 0.25) is 5.02 Å². The zero-order valence-corrected chi connectivity index (χ0v) is 21.4. The van der Waals surface area contributed by atoms with Crippen molar-refractivity contribution >= 4 is 40.6 Å². The SMILES string of the molecule is CC(C)(N)C(=O)N1CCC(c2cc(C#N)cc(Nc3nc(NC4CC4)c4ncc(C#N)n4n3)c2Cl)CC1. The highest BCUT2D eigenvalue weighted by molar-refractivity contribution is 6.34. The Morgan fingerprint density at radius 2 is 1.92 bits per heavy atom. The van der Waals surface area contributed by atoms with Gasteiger partial charge in [0.1, 0.15) is 6.07 Å². The molecule has 0 radical (unpaired) electrons. The zero-order valence-electron chi connectivity index (χ0n) is 20.6. The second-order valence-electron chi connectivity index (χ2n) is 10.1. The lowest BCUT2D eigenvalue weighted by molar-refractivity contribution is -0.136. The summed E-state index contributed by atoms with van der Waals surface area (Å²) in [4.78, 5) is 23.3. The van der Waals surface area contributed by atoms with Crippen LogP contribution in [0, 0.1) is 22.7 Å². The number of nitriles is 2. The number of hydrogen-bond donors (Lipinski definition) is 3. The Balaban J connectivity index is 1.44. The van der Waals surface area contributed by atoms with Gasteiger partial charge >= 0.3 is 0 Å². The summed E-state index contributed by atoms with van der Waals surface area (Å²) < 4.78 is 1.44. The summed E-state index contributed by atoms with van der Waals surface area (Å²) in [6.45, 7) is 4.54. The minimum absolute atomic E-state index is 0.0700. The lowest BCUT2D eigenvalue weighted by atomic mass is 9.87. The lowest BCUT2D eigenvalue weighted by Crippen LogP contribution is -2.53. The van der Waals surface area contributed by atoms with Crippen LogP contribution in [0.3, 0.4) is 0 Å². The molecule has 11 nitrogen and oxygen atoms in total. The molecule has 1 saturated heterocycles. The van der Waals surface area contributed by atoms with Crippen LogP contribution in [-0.2, 0) is 4.79 Å². The molecule has 3 aromatic rings. The molecule has 0 spiro atoms. The number of halogens is 1. The molecule has 190 valence electrons. The predicted molar refractivity (Wildman–Crippen MR) is 138 cm³/mol. The molecule has 4 N–H and O–H groups in total. The highest BCUT2D eigenvalue weighted by Gasteiger charge is 2.32. The van der Waals surface area contributed by atoms with Crippen molar-refractivity contribution in [1.82, 2.24) is 24.5 Å². The van der Waals surface area contributed by atoms with Gasteiger partial charge in [-0.25, -0.2) is 4.98 Å². The number of carbonyl (C=O) groups excluding carboxylic acids is 1. The maximum absolute atomic E-state index is 12.6. The number of likely N-dealkylation sites (tertiary alicyclic amines) is 1. The fourth-order valence-electron chi connectivity index (χ4n) is 4.55. The molecule has 2 aromatic heterocycles. The van der Waals surface area contributed by atoms with Crippen molar-refractivity contribution in [1.29, 1.82) is 10.5 Å². The number of nitrogens with one attached hydrogen (secondary N) is 2. The van der Waals surface area contributed by atoms with Gasteiger partial charge in [-0.15, -0.1) is 5.10 Å². The van der Waals surface area contributed by atoms with Crippen molar-refractivity contribution in [3.63, 3.8) is 0 Å². The van der Waals surface area contributed by atoms with Crippen LogP contribution in [0.5, 0.6) is 0 Å². The van der Waals surface area contributed by atoms with E-state index in [1.54, 1.807) is 30.9 Å². The van der Waals surface area contributed by atoms with Crippen molar-refractivity contribution in [2.45, 2.75) is 57.0 Å². The number of amides is 1. The van der Waals surface area contributed by atoms with E-state index in [9.17, 15) is 15.3 Å². The van der Waals surface area contributed by atoms with Gasteiger partial charge in [-0.05, 0) is 63.1 Å². The summed E-state index contributed by atoms with van der Waals surface area (Å²) in [6, 6.07) is 8.06. The van der Waals surface area contributed by atoms with E-state index >= 15 is 0 Å². The molecule has 0 bridgehead atoms. The number of aromatic nitrogens is 4. The topological polar surface area (TPSA) is 161 Å². The quantitative estimate of drug-likeness (QED) is 0.444. The summed E-state index contributed by atoms with van der Waals surface area (Å²) in [5.74, 6) is 0.734. The van der Waals surface area contributed by atoms with Gasteiger partial charge in [0.2, 0.25) is 11.9 Å². The molecule has 1 saturated carbocycles. The van der Waals surface area contributed by atoms with Crippen LogP contribution in [0.1, 0.15) is 62.3 Å². The predicted octanol–water partition coefficient (Wildman–Crippen LogP) is 3.28. The second-order valence-corrected chi connectivity index (χ2v) is 10.5. The van der Waals surface area contributed by atoms with E-state index in [4.69, 9.17) is 17.3 Å². The minimum Gasteiger partial charge on any atom is -0.364 e. The van der Waals surface area contributed by atoms with E-state index in [1.807, 2.05) is 0 Å². The van der Waals surface area contributed by atoms with E-state index in [0.717, 1.165) is 18.4 Å². The number of piperidine rings is 1. The molecule has 3 heterocycles. The van der Waals surface area contributed by atoms with Crippen LogP contribution in [0.4, 0.5) is 17.5 Å². The van der Waals surface area contributed by atoms with Gasteiger partial charge in [0.05, 0.1) is 34.1 Å². The molecule has 2 fully saturated rings. The maximum atomic E-state index is 12.6. The van der Waals surface area contributed by atoms with E-state index in [0.29, 0.717) is 59.7 Å². The van der Waals surface area contributed by atoms with Crippen molar-refractivity contribution in [3.05, 3.63) is 40.2 Å². The normalized spacial score (nSPS) is 16.3. The summed E-state index contributed by atoms with van der Waals surface area (Å²) in [5, 5.41) is 30.6. The number of rotatable bonds is 6. The number of benzene rings is 1. The van der Waals surface area contributed by atoms with Crippen LogP contribution < -0.4 is 16.4 Å². The smallest absolute Gasteiger partial charge is 0.247 e. The third-order valence-corrected chi connectivity index (χ3v) is 7.07. The van der Waals surface area contributed by atoms with E-state index < -0.39 is 5.54 Å². The Hall–Kier alpha value is -3.93. The standard InChI is InChI=1S/C25H27ClN10O/c1-25(2,29)23(37)35-7-5-15(6-8-35)18-9-14(11-27)10-19(20(18)26)32-24-33-21(31-16-3-4-16)22-30-13-17(12-28)36(22)34-24/h9-10,13,15-16H,3-8,29H2,1-2H3,(H2,31,32,33,34). The van der Waals surface area contributed by atoms with Crippen LogP contribution in [0.25, 0.3) is 5.65 Å². The number of anilines is 3. The number of nitrogens with zero attached hydrogens (tertiary/aromatic N) is 7. The number of fused-ring (bicyclic) bond motifs is 1. The van der Waals surface area contributed by atoms with Gasteiger partial charge in [-0.1, -0.05) is 11.6 Å². The molecular weight excluding hydrogens is 492 g/mol. The summed E-state index contributed by atoms with van der Waals surface area (Å²) in [5.41, 5.74) is 7.60. The fraction of sp³-hybridized carbons (Fsp3) is 0.440. The van der Waals surface area contributed by atoms with E-state index in [-0.39, 0.29) is 23.5 Å². The maximum Gasteiger partial charge on any atom is 0.247 e. The third kappa shape index (κ3) is 5.01. The highest BCUT2D eigenvalue weighted by Crippen LogP contribution is 2.39. The first kappa shape index (κ1) is 24.8. The first-order valence-electron chi connectivity index (χ1n) is 12.2. The van der Waals surface area contributed by atoms with Crippen molar-refractivity contribution < 1.29 is 4.79 Å². The van der Waals surface area contributed by atoms with Crippen LogP contribution in [-0.4, -0.2) is 55.1 Å². The average Bonchev–Trinajstić information content (AvgIpc) is 3.60. The van der Waals surface area contributed by atoms with Gasteiger partial charge in [0.25, 0.3) is 0 Å². The minimum atomic E-state index is -0.919. The van der Waals surface area contributed by atoms with Gasteiger partial charge in [0, 0.05) is 19.1 Å². The molecule has 37 heavy (non-hydrogen) atoms. The number of imidazole rings is 1. The monoisotopic (exact) mass is 518 g/mol. The Bertz CT molecular complexity index is 1450. The first-order valence-corrected chi connectivity index (χ1v) is 12.6. The molecular formula is C25H27ClN10O. The molecule has 1 aliphatic carbocycles. The first-order chi connectivity index (χ1) is 17.7. The van der Waals surface area contributed by atoms with E-state index in [2.05, 4.69) is 37.8 Å². The highest BCUT2D eigenvalue weighted by atomic mass is 35.5. The van der Waals surface area contributed by atoms with Gasteiger partial charge in [-0.2, -0.15) is 20.0 Å². The van der Waals surface area contributed by atoms with Crippen molar-refractivity contribution in [2.75, 3.05) is 23.7 Å². The molecule has 0 unspecified atom stereocenters. The van der Waals surface area contributed by atoms with Gasteiger partial charge in [0.15, 0.2) is 17.2 Å². The number of hydrogen-bond acceptors (Lipinski definition) is 9. The Morgan fingerprint density at radius 3 is 2.54 bits per heavy atom. The second kappa shape index (κ2) is 9.51. The molecule has 1 aromatic carbocycles. The lowest BCUT2D eigenvalue weighted by Gasteiger charge is -2.36. The zero-order chi connectivity index (χ0) is 26.3. The van der Waals surface area contributed by atoms with Crippen LogP contribution >= 0.6 is 11.6 Å². The molecule has 5 rings (SSSR count). The number of nitrogens with two attached hydrogens (primary N) is 1. The van der Waals surface area contributed by atoms with E-state index in [1.165, 1.54) is 10.7 Å². The molecule has 0 atom stereocenters.